The lowest BCUT2D eigenvalue weighted by molar-refractivity contribution is -0.144. The van der Waals surface area contributed by atoms with Crippen molar-refractivity contribution in [1.82, 2.24) is 0 Å². The highest BCUT2D eigenvalue weighted by atomic mass is 35.5. The van der Waals surface area contributed by atoms with Crippen molar-refractivity contribution in [3.05, 3.63) is 76.3 Å². The van der Waals surface area contributed by atoms with Crippen molar-refractivity contribution in [2.24, 2.45) is 10.4 Å². The zero-order valence-corrected chi connectivity index (χ0v) is 22.5. The van der Waals surface area contributed by atoms with Gasteiger partial charge >= 0.3 is 5.97 Å². The second kappa shape index (κ2) is 9.40. The molecule has 6 nitrogen and oxygen atoms in total. The maximum absolute atomic E-state index is 14.2. The molecule has 2 heterocycles. The van der Waals surface area contributed by atoms with Gasteiger partial charge in [0.2, 0.25) is 11.5 Å². The van der Waals surface area contributed by atoms with E-state index >= 15 is 0 Å². The monoisotopic (exact) mass is 508 g/mol. The maximum Gasteiger partial charge on any atom is 0.339 e. The summed E-state index contributed by atoms with van der Waals surface area (Å²) in [6, 6.07) is 15.0. The van der Waals surface area contributed by atoms with E-state index in [1.165, 1.54) is 0 Å². The van der Waals surface area contributed by atoms with Crippen molar-refractivity contribution >= 4 is 35.1 Å². The molecule has 0 saturated heterocycles. The molecule has 0 aliphatic carbocycles. The zero-order chi connectivity index (χ0) is 26.3. The Morgan fingerprint density at radius 1 is 1.08 bits per heavy atom. The Morgan fingerprint density at radius 3 is 2.42 bits per heavy atom. The van der Waals surface area contributed by atoms with Gasteiger partial charge in [-0.05, 0) is 50.3 Å². The molecule has 2 aliphatic heterocycles. The molecule has 2 aromatic rings. The molecule has 0 fully saturated rings. The molecule has 190 valence electrons. The predicted octanol–water partition coefficient (Wildman–Crippen LogP) is 6.22. The van der Waals surface area contributed by atoms with E-state index in [0.29, 0.717) is 22.8 Å². The number of nitrogens with zero attached hydrogens (tertiary/aromatic N) is 2. The Balaban J connectivity index is 1.86. The molecule has 4 rings (SSSR count). The van der Waals surface area contributed by atoms with Crippen LogP contribution in [0.4, 0.5) is 5.69 Å². The first-order valence-electron chi connectivity index (χ1n) is 12.2. The highest BCUT2D eigenvalue weighted by Gasteiger charge is 2.62. The van der Waals surface area contributed by atoms with Crippen LogP contribution in [0.1, 0.15) is 59.1 Å². The lowest BCUT2D eigenvalue weighted by Gasteiger charge is -2.30. The number of fused-ring (bicyclic) bond motifs is 2. The fraction of sp³-hybridized carbons (Fsp3) is 0.414. The Morgan fingerprint density at radius 2 is 1.78 bits per heavy atom. The van der Waals surface area contributed by atoms with Gasteiger partial charge in [0.1, 0.15) is 5.57 Å². The van der Waals surface area contributed by atoms with E-state index in [-0.39, 0.29) is 23.5 Å². The fourth-order valence-corrected chi connectivity index (χ4v) is 5.63. The summed E-state index contributed by atoms with van der Waals surface area (Å²) < 4.78 is 11.8. The molecule has 0 aromatic heterocycles. The summed E-state index contributed by atoms with van der Waals surface area (Å²) in [5, 5.41) is 0.335. The van der Waals surface area contributed by atoms with Crippen molar-refractivity contribution < 1.29 is 19.1 Å². The van der Waals surface area contributed by atoms with Crippen LogP contribution in [-0.2, 0) is 31.2 Å². The number of carbonyl (C=O) groups is 2. The molecule has 1 amide bonds. The van der Waals surface area contributed by atoms with E-state index in [9.17, 15) is 9.59 Å². The first-order valence-corrected chi connectivity index (χ1v) is 12.6. The molecule has 36 heavy (non-hydrogen) atoms. The normalized spacial score (nSPS) is 20.5. The number of ether oxygens (including phenoxy) is 2. The summed E-state index contributed by atoms with van der Waals surface area (Å²) in [7, 11) is 0. The highest BCUT2D eigenvalue weighted by Crippen LogP contribution is 2.53. The molecule has 0 saturated carbocycles. The fourth-order valence-electron chi connectivity index (χ4n) is 5.33. The predicted molar refractivity (Wildman–Crippen MR) is 142 cm³/mol. The van der Waals surface area contributed by atoms with Crippen LogP contribution in [0.25, 0.3) is 0 Å². The number of carbonyl (C=O) groups excluding carboxylic acids is 2. The van der Waals surface area contributed by atoms with Crippen molar-refractivity contribution in [3.8, 4) is 0 Å². The first kappa shape index (κ1) is 26.0. The number of esters is 1. The molecule has 2 aromatic carbocycles. The first-order chi connectivity index (χ1) is 16.9. The Bertz CT molecular complexity index is 1240. The number of hydrogen-bond acceptors (Lipinski definition) is 5. The van der Waals surface area contributed by atoms with Crippen LogP contribution in [0.15, 0.2) is 65.2 Å². The standard InChI is InChI=1S/C29H33ClN2O4/c1-7-35-25(33)20-16-23(31-28(5,6)18-27(2,3)4)36-29(20)24-21(30)14-11-15-22(24)32(26(29)34)17-19-12-9-8-10-13-19/h8-16H,7,17-18H2,1-6H3/t29-/m0/s1. The summed E-state index contributed by atoms with van der Waals surface area (Å²) in [6.07, 6.45) is 2.31. The minimum absolute atomic E-state index is 0.0170. The molecular weight excluding hydrogens is 476 g/mol. The van der Waals surface area contributed by atoms with Crippen molar-refractivity contribution in [1.29, 1.82) is 0 Å². The van der Waals surface area contributed by atoms with Crippen molar-refractivity contribution in [2.45, 2.75) is 65.6 Å². The molecule has 1 atom stereocenters. The number of halogens is 1. The van der Waals surface area contributed by atoms with Crippen LogP contribution in [0.5, 0.6) is 0 Å². The maximum atomic E-state index is 14.2. The van der Waals surface area contributed by atoms with Crippen LogP contribution < -0.4 is 4.90 Å². The topological polar surface area (TPSA) is 68.2 Å². The Hall–Kier alpha value is -3.12. The third-order valence-corrected chi connectivity index (χ3v) is 6.46. The van der Waals surface area contributed by atoms with E-state index in [4.69, 9.17) is 26.1 Å². The number of anilines is 1. The molecule has 0 radical (unpaired) electrons. The van der Waals surface area contributed by atoms with Gasteiger partial charge in [0, 0.05) is 6.08 Å². The molecule has 2 aliphatic rings. The summed E-state index contributed by atoms with van der Waals surface area (Å²) in [4.78, 5) is 33.9. The van der Waals surface area contributed by atoms with E-state index < -0.39 is 23.0 Å². The van der Waals surface area contributed by atoms with E-state index in [0.717, 1.165) is 12.0 Å². The van der Waals surface area contributed by atoms with Crippen LogP contribution in [0.2, 0.25) is 5.02 Å². The van der Waals surface area contributed by atoms with E-state index in [1.807, 2.05) is 50.2 Å². The lowest BCUT2D eigenvalue weighted by Crippen LogP contribution is -2.44. The highest BCUT2D eigenvalue weighted by molar-refractivity contribution is 6.34. The van der Waals surface area contributed by atoms with E-state index in [2.05, 4.69) is 20.8 Å². The Kier molecular flexibility index (Phi) is 6.78. The summed E-state index contributed by atoms with van der Waals surface area (Å²) in [5.74, 6) is -0.808. The van der Waals surface area contributed by atoms with Gasteiger partial charge < -0.3 is 14.4 Å². The summed E-state index contributed by atoms with van der Waals surface area (Å²) in [6.45, 7) is 12.6. The van der Waals surface area contributed by atoms with Crippen molar-refractivity contribution in [2.75, 3.05) is 11.5 Å². The molecule has 0 bridgehead atoms. The second-order valence-corrected chi connectivity index (χ2v) is 11.5. The van der Waals surface area contributed by atoms with E-state index in [1.54, 1.807) is 30.0 Å². The second-order valence-electron chi connectivity index (χ2n) is 11.1. The molecule has 7 heteroatoms. The number of rotatable bonds is 6. The smallest absolute Gasteiger partial charge is 0.339 e. The van der Waals surface area contributed by atoms with Crippen LogP contribution in [0.3, 0.4) is 0 Å². The molecule has 0 N–H and O–H groups in total. The van der Waals surface area contributed by atoms with Gasteiger partial charge in [0.15, 0.2) is 0 Å². The number of amides is 1. The number of benzene rings is 2. The van der Waals surface area contributed by atoms with Gasteiger partial charge in [-0.25, -0.2) is 9.79 Å². The largest absolute Gasteiger partial charge is 0.462 e. The van der Waals surface area contributed by atoms with Gasteiger partial charge in [0.05, 0.1) is 35.0 Å². The van der Waals surface area contributed by atoms with Crippen LogP contribution in [-0.4, -0.2) is 29.9 Å². The average Bonchev–Trinajstić information content (AvgIpc) is 3.25. The zero-order valence-electron chi connectivity index (χ0n) is 21.7. The lowest BCUT2D eigenvalue weighted by atomic mass is 9.82. The summed E-state index contributed by atoms with van der Waals surface area (Å²) >= 11 is 6.71. The van der Waals surface area contributed by atoms with Gasteiger partial charge in [-0.3, -0.25) is 4.79 Å². The van der Waals surface area contributed by atoms with Crippen LogP contribution in [0, 0.1) is 5.41 Å². The van der Waals surface area contributed by atoms with Crippen molar-refractivity contribution in [3.63, 3.8) is 0 Å². The van der Waals surface area contributed by atoms with Gasteiger partial charge in [0.25, 0.3) is 5.91 Å². The number of aliphatic imine (C=N–C) groups is 1. The van der Waals surface area contributed by atoms with Crippen LogP contribution >= 0.6 is 11.6 Å². The third-order valence-electron chi connectivity index (χ3n) is 6.14. The van der Waals surface area contributed by atoms with Gasteiger partial charge in [-0.2, -0.15) is 0 Å². The van der Waals surface area contributed by atoms with Gasteiger partial charge in [-0.15, -0.1) is 0 Å². The third kappa shape index (κ3) is 4.79. The molecular formula is C29H33ClN2O4. The average molecular weight is 509 g/mol. The number of hydrogen-bond donors (Lipinski definition) is 0. The Labute approximate surface area is 217 Å². The van der Waals surface area contributed by atoms with Gasteiger partial charge in [-0.1, -0.05) is 68.8 Å². The molecule has 1 spiro atoms. The minimum Gasteiger partial charge on any atom is -0.462 e. The SMILES string of the molecule is CCOC(=O)C1=CC(=NC(C)(C)CC(C)(C)C)O[C@@]12C(=O)N(Cc1ccccc1)c1cccc(Cl)c12. The summed E-state index contributed by atoms with van der Waals surface area (Å²) in [5.41, 5.74) is -0.177. The minimum atomic E-state index is -1.76. The quantitative estimate of drug-likeness (QED) is 0.435. The molecule has 0 unspecified atom stereocenters.